The van der Waals surface area contributed by atoms with E-state index in [4.69, 9.17) is 9.88 Å². The fourth-order valence-electron chi connectivity index (χ4n) is 2.16. The van der Waals surface area contributed by atoms with E-state index in [2.05, 4.69) is 0 Å². The van der Waals surface area contributed by atoms with Crippen molar-refractivity contribution in [2.24, 2.45) is 11.1 Å². The second kappa shape index (κ2) is 5.85. The molecule has 0 saturated carbocycles. The molecule has 0 spiro atoms. The Morgan fingerprint density at radius 3 is 2.84 bits per heavy atom. The van der Waals surface area contributed by atoms with Crippen molar-refractivity contribution < 1.29 is 17.5 Å². The number of piperidine rings is 1. The highest BCUT2D eigenvalue weighted by Gasteiger charge is 2.26. The van der Waals surface area contributed by atoms with Crippen LogP contribution in [0.3, 0.4) is 0 Å². The Hall–Kier alpha value is -1.18. The minimum Gasteiger partial charge on any atom is -0.490 e. The topological polar surface area (TPSA) is 72.6 Å². The van der Waals surface area contributed by atoms with E-state index in [9.17, 15) is 12.8 Å². The van der Waals surface area contributed by atoms with E-state index < -0.39 is 16.0 Å². The number of rotatable bonds is 4. The number of nitrogens with zero attached hydrogens (tertiary/aromatic N) is 1. The first kappa shape index (κ1) is 14.2. The zero-order chi connectivity index (χ0) is 13.9. The van der Waals surface area contributed by atoms with E-state index >= 15 is 0 Å². The molecule has 1 aliphatic heterocycles. The van der Waals surface area contributed by atoms with Gasteiger partial charge in [-0.25, -0.2) is 9.53 Å². The summed E-state index contributed by atoms with van der Waals surface area (Å²) < 4.78 is 42.5. The number of hydrogen-bond donors (Lipinski definition) is 1. The molecule has 106 valence electrons. The summed E-state index contributed by atoms with van der Waals surface area (Å²) >= 11 is 0. The smallest absolute Gasteiger partial charge is 0.276 e. The van der Waals surface area contributed by atoms with Crippen LogP contribution in [0.5, 0.6) is 5.75 Å². The van der Waals surface area contributed by atoms with Gasteiger partial charge in [0.15, 0.2) is 11.6 Å². The highest BCUT2D eigenvalue weighted by Crippen LogP contribution is 2.21. The summed E-state index contributed by atoms with van der Waals surface area (Å²) in [4.78, 5) is 0. The summed E-state index contributed by atoms with van der Waals surface area (Å²) in [6.45, 7) is 1.05. The monoisotopic (exact) mass is 288 g/mol. The molecule has 0 bridgehead atoms. The third kappa shape index (κ3) is 3.89. The van der Waals surface area contributed by atoms with Crippen LogP contribution in [-0.2, 0) is 10.2 Å². The maximum absolute atomic E-state index is 13.4. The van der Waals surface area contributed by atoms with Crippen LogP contribution in [0.4, 0.5) is 4.39 Å². The zero-order valence-electron chi connectivity index (χ0n) is 10.5. The Kier molecular flexibility index (Phi) is 4.38. The molecule has 1 aromatic carbocycles. The Morgan fingerprint density at radius 1 is 1.42 bits per heavy atom. The second-order valence-corrected chi connectivity index (χ2v) is 6.20. The lowest BCUT2D eigenvalue weighted by molar-refractivity contribution is 0.176. The van der Waals surface area contributed by atoms with Gasteiger partial charge < -0.3 is 4.74 Å². The third-order valence-electron chi connectivity index (χ3n) is 3.15. The van der Waals surface area contributed by atoms with Crippen molar-refractivity contribution in [2.75, 3.05) is 19.7 Å². The van der Waals surface area contributed by atoms with Gasteiger partial charge in [-0.1, -0.05) is 12.1 Å². The summed E-state index contributed by atoms with van der Waals surface area (Å²) in [5.74, 6) is -0.191. The molecule has 0 amide bonds. The third-order valence-corrected chi connectivity index (χ3v) is 4.20. The van der Waals surface area contributed by atoms with Gasteiger partial charge in [0.25, 0.3) is 10.2 Å². The molecule has 0 radical (unpaired) electrons. The van der Waals surface area contributed by atoms with Gasteiger partial charge >= 0.3 is 0 Å². The van der Waals surface area contributed by atoms with E-state index in [1.165, 1.54) is 10.4 Å². The van der Waals surface area contributed by atoms with Crippen LogP contribution in [0, 0.1) is 11.7 Å². The van der Waals surface area contributed by atoms with Crippen molar-refractivity contribution in [1.29, 1.82) is 0 Å². The largest absolute Gasteiger partial charge is 0.490 e. The lowest BCUT2D eigenvalue weighted by Gasteiger charge is -2.30. The average Bonchev–Trinajstić information content (AvgIpc) is 2.37. The van der Waals surface area contributed by atoms with Crippen LogP contribution < -0.4 is 9.88 Å². The van der Waals surface area contributed by atoms with E-state index in [1.54, 1.807) is 18.2 Å². The van der Waals surface area contributed by atoms with Crippen LogP contribution in [0.1, 0.15) is 12.8 Å². The normalized spacial score (nSPS) is 21.3. The minimum absolute atomic E-state index is 0.0340. The molecule has 1 fully saturated rings. The van der Waals surface area contributed by atoms with Crippen molar-refractivity contribution in [3.8, 4) is 5.75 Å². The standard InChI is InChI=1S/C12H17FN2O3S/c13-11-5-1-2-6-12(11)18-9-10-4-3-7-15(8-10)19(14,16)17/h1-2,5-6,10H,3-4,7-9H2,(H2,14,16,17)/t10-/m1/s1. The SMILES string of the molecule is NS(=O)(=O)N1CCC[C@@H](COc2ccccc2F)C1. The first-order chi connectivity index (χ1) is 8.97. The van der Waals surface area contributed by atoms with Crippen molar-refractivity contribution in [3.63, 3.8) is 0 Å². The van der Waals surface area contributed by atoms with E-state index in [1.807, 2.05) is 0 Å². The molecule has 7 heteroatoms. The minimum atomic E-state index is -3.65. The zero-order valence-corrected chi connectivity index (χ0v) is 11.3. The molecular weight excluding hydrogens is 271 g/mol. The van der Waals surface area contributed by atoms with Crippen molar-refractivity contribution >= 4 is 10.2 Å². The highest BCUT2D eigenvalue weighted by molar-refractivity contribution is 7.86. The van der Waals surface area contributed by atoms with Crippen LogP contribution in [0.2, 0.25) is 0 Å². The first-order valence-electron chi connectivity index (χ1n) is 6.12. The summed E-state index contributed by atoms with van der Waals surface area (Å²) in [6.07, 6.45) is 1.59. The Bertz CT molecular complexity index is 536. The van der Waals surface area contributed by atoms with Crippen LogP contribution in [-0.4, -0.2) is 32.4 Å². The quantitative estimate of drug-likeness (QED) is 0.902. The summed E-state index contributed by atoms with van der Waals surface area (Å²) in [5.41, 5.74) is 0. The lowest BCUT2D eigenvalue weighted by Crippen LogP contribution is -2.44. The van der Waals surface area contributed by atoms with E-state index in [-0.39, 0.29) is 18.3 Å². The van der Waals surface area contributed by atoms with Crippen LogP contribution in [0.25, 0.3) is 0 Å². The number of benzene rings is 1. The number of ether oxygens (including phenoxy) is 1. The van der Waals surface area contributed by atoms with E-state index in [0.717, 1.165) is 12.8 Å². The average molecular weight is 288 g/mol. The number of para-hydroxylation sites is 1. The van der Waals surface area contributed by atoms with Crippen molar-refractivity contribution in [2.45, 2.75) is 12.8 Å². The Labute approximate surface area is 112 Å². The molecule has 1 atom stereocenters. The summed E-state index contributed by atoms with van der Waals surface area (Å²) in [7, 11) is -3.65. The van der Waals surface area contributed by atoms with Gasteiger partial charge in [-0.2, -0.15) is 12.7 Å². The van der Waals surface area contributed by atoms with Gasteiger partial charge in [0.1, 0.15) is 0 Å². The molecule has 2 N–H and O–H groups in total. The maximum atomic E-state index is 13.4. The lowest BCUT2D eigenvalue weighted by atomic mass is 10.0. The first-order valence-corrected chi connectivity index (χ1v) is 7.62. The Morgan fingerprint density at radius 2 is 2.16 bits per heavy atom. The molecule has 5 nitrogen and oxygen atoms in total. The van der Waals surface area contributed by atoms with Gasteiger partial charge in [-0.3, -0.25) is 0 Å². The molecule has 1 aliphatic rings. The molecule has 0 unspecified atom stereocenters. The van der Waals surface area contributed by atoms with Crippen LogP contribution >= 0.6 is 0 Å². The molecule has 1 aromatic rings. The number of nitrogens with two attached hydrogens (primary N) is 1. The molecule has 2 rings (SSSR count). The van der Waals surface area contributed by atoms with E-state index in [0.29, 0.717) is 13.1 Å². The number of halogens is 1. The summed E-state index contributed by atoms with van der Waals surface area (Å²) in [5, 5.41) is 5.10. The van der Waals surface area contributed by atoms with Gasteiger partial charge in [-0.15, -0.1) is 0 Å². The van der Waals surface area contributed by atoms with Gasteiger partial charge in [-0.05, 0) is 25.0 Å². The second-order valence-electron chi connectivity index (χ2n) is 4.65. The molecule has 0 aromatic heterocycles. The fraction of sp³-hybridized carbons (Fsp3) is 0.500. The highest BCUT2D eigenvalue weighted by atomic mass is 32.2. The van der Waals surface area contributed by atoms with Gasteiger partial charge in [0.05, 0.1) is 6.61 Å². The number of hydrogen-bond acceptors (Lipinski definition) is 3. The van der Waals surface area contributed by atoms with Gasteiger partial charge in [0.2, 0.25) is 0 Å². The van der Waals surface area contributed by atoms with Crippen molar-refractivity contribution in [1.82, 2.24) is 4.31 Å². The molecular formula is C12H17FN2O3S. The fourth-order valence-corrected chi connectivity index (χ4v) is 2.97. The maximum Gasteiger partial charge on any atom is 0.276 e. The molecule has 1 saturated heterocycles. The predicted molar refractivity (Wildman–Crippen MR) is 69.3 cm³/mol. The Balaban J connectivity index is 1.92. The summed E-state index contributed by atoms with van der Waals surface area (Å²) in [6, 6.07) is 6.16. The van der Waals surface area contributed by atoms with Gasteiger partial charge in [0, 0.05) is 19.0 Å². The molecule has 0 aliphatic carbocycles. The molecule has 1 heterocycles. The van der Waals surface area contributed by atoms with Crippen LogP contribution in [0.15, 0.2) is 24.3 Å². The predicted octanol–water partition coefficient (Wildman–Crippen LogP) is 1.12. The van der Waals surface area contributed by atoms with Crippen molar-refractivity contribution in [3.05, 3.63) is 30.1 Å². The molecule has 19 heavy (non-hydrogen) atoms.